The van der Waals surface area contributed by atoms with Crippen LogP contribution in [0.2, 0.25) is 0 Å². The number of benzene rings is 2. The van der Waals surface area contributed by atoms with E-state index < -0.39 is 10.3 Å². The Balaban J connectivity index is 1.76. The van der Waals surface area contributed by atoms with Gasteiger partial charge in [0.1, 0.15) is 5.75 Å². The van der Waals surface area contributed by atoms with Crippen LogP contribution in [0.15, 0.2) is 30.3 Å². The van der Waals surface area contributed by atoms with Crippen molar-refractivity contribution >= 4 is 10.3 Å². The van der Waals surface area contributed by atoms with Crippen molar-refractivity contribution in [2.75, 3.05) is 27.9 Å². The van der Waals surface area contributed by atoms with E-state index in [4.69, 9.17) is 23.5 Å². The van der Waals surface area contributed by atoms with Gasteiger partial charge in [0, 0.05) is 19.6 Å². The maximum absolute atomic E-state index is 11.1. The molecule has 1 aliphatic rings. The van der Waals surface area contributed by atoms with Crippen LogP contribution in [0.1, 0.15) is 16.7 Å². The predicted octanol–water partition coefficient (Wildman–Crippen LogP) is 1.85. The molecular weight excluding hydrogens is 384 g/mol. The van der Waals surface area contributed by atoms with Gasteiger partial charge in [-0.05, 0) is 47.4 Å². The van der Waals surface area contributed by atoms with Gasteiger partial charge < -0.3 is 18.4 Å². The van der Waals surface area contributed by atoms with Crippen LogP contribution in [0.25, 0.3) is 0 Å². The zero-order chi connectivity index (χ0) is 20.3. The second kappa shape index (κ2) is 8.26. The van der Waals surface area contributed by atoms with E-state index in [2.05, 4.69) is 4.90 Å². The monoisotopic (exact) mass is 408 g/mol. The van der Waals surface area contributed by atoms with Crippen molar-refractivity contribution in [1.29, 1.82) is 0 Å². The Bertz CT molecular complexity index is 936. The molecule has 2 N–H and O–H groups in total. The van der Waals surface area contributed by atoms with Crippen molar-refractivity contribution in [3.8, 4) is 23.0 Å². The van der Waals surface area contributed by atoms with Gasteiger partial charge in [-0.25, -0.2) is 0 Å². The molecule has 0 saturated carbocycles. The van der Waals surface area contributed by atoms with Crippen LogP contribution in [-0.2, 0) is 29.8 Å². The smallest absolute Gasteiger partial charge is 0.380 e. The first kappa shape index (κ1) is 20.2. The summed E-state index contributed by atoms with van der Waals surface area (Å²) in [6.45, 7) is 2.27. The second-order valence-corrected chi connectivity index (χ2v) is 7.65. The highest BCUT2D eigenvalue weighted by Gasteiger charge is 2.20. The van der Waals surface area contributed by atoms with Crippen LogP contribution in [0, 0.1) is 0 Å². The molecule has 0 fully saturated rings. The van der Waals surface area contributed by atoms with Gasteiger partial charge in [0.15, 0.2) is 11.5 Å². The highest BCUT2D eigenvalue weighted by Crippen LogP contribution is 2.38. The molecule has 0 aliphatic carbocycles. The molecule has 0 spiro atoms. The summed E-state index contributed by atoms with van der Waals surface area (Å²) in [6.07, 6.45) is 0.779. The largest absolute Gasteiger partial charge is 0.493 e. The Morgan fingerprint density at radius 3 is 2.25 bits per heavy atom. The lowest BCUT2D eigenvalue weighted by Crippen LogP contribution is -2.30. The first-order chi connectivity index (χ1) is 13.3. The zero-order valence-corrected chi connectivity index (χ0v) is 16.9. The zero-order valence-electron chi connectivity index (χ0n) is 16.1. The van der Waals surface area contributed by atoms with Crippen LogP contribution in [0.4, 0.5) is 0 Å². The molecule has 3 rings (SSSR count). The minimum Gasteiger partial charge on any atom is -0.493 e. The van der Waals surface area contributed by atoms with Crippen molar-refractivity contribution in [1.82, 2.24) is 4.90 Å². The van der Waals surface area contributed by atoms with Gasteiger partial charge in [0.2, 0.25) is 5.75 Å². The maximum Gasteiger partial charge on any atom is 0.380 e. The normalized spacial score (nSPS) is 14.3. The lowest BCUT2D eigenvalue weighted by molar-refractivity contribution is 0.244. The second-order valence-electron chi connectivity index (χ2n) is 6.50. The van der Waals surface area contributed by atoms with E-state index in [-0.39, 0.29) is 5.75 Å². The molecule has 152 valence electrons. The minimum absolute atomic E-state index is 0.235. The Morgan fingerprint density at radius 1 is 1.00 bits per heavy atom. The van der Waals surface area contributed by atoms with Crippen molar-refractivity contribution in [3.05, 3.63) is 47.0 Å². The summed E-state index contributed by atoms with van der Waals surface area (Å²) in [6, 6.07) is 9.11. The third kappa shape index (κ3) is 4.67. The van der Waals surface area contributed by atoms with Crippen LogP contribution in [-0.4, -0.2) is 41.2 Å². The summed E-state index contributed by atoms with van der Waals surface area (Å²) < 4.78 is 43.2. The first-order valence-corrected chi connectivity index (χ1v) is 10.2. The number of fused-ring (bicyclic) bond motifs is 1. The van der Waals surface area contributed by atoms with Gasteiger partial charge in [-0.15, -0.1) is 0 Å². The molecule has 0 bridgehead atoms. The van der Waals surface area contributed by atoms with Gasteiger partial charge in [0.05, 0.1) is 21.3 Å². The lowest BCUT2D eigenvalue weighted by Gasteiger charge is -2.29. The van der Waals surface area contributed by atoms with Gasteiger partial charge in [-0.2, -0.15) is 13.6 Å². The van der Waals surface area contributed by atoms with E-state index in [0.29, 0.717) is 23.8 Å². The van der Waals surface area contributed by atoms with Crippen molar-refractivity contribution in [2.24, 2.45) is 5.14 Å². The molecule has 0 saturated heterocycles. The van der Waals surface area contributed by atoms with Gasteiger partial charge in [-0.3, -0.25) is 4.90 Å². The van der Waals surface area contributed by atoms with E-state index >= 15 is 0 Å². The quantitative estimate of drug-likeness (QED) is 0.746. The summed E-state index contributed by atoms with van der Waals surface area (Å²) in [4.78, 5) is 2.29. The summed E-state index contributed by atoms with van der Waals surface area (Å²) in [5, 5.41) is 4.93. The number of ether oxygens (including phenoxy) is 3. The van der Waals surface area contributed by atoms with E-state index in [9.17, 15) is 8.42 Å². The summed E-state index contributed by atoms with van der Waals surface area (Å²) in [5.41, 5.74) is 3.23. The number of nitrogens with zero attached hydrogens (tertiary/aromatic N) is 1. The summed E-state index contributed by atoms with van der Waals surface area (Å²) in [7, 11) is 0.754. The fourth-order valence-corrected chi connectivity index (χ4v) is 3.77. The fourth-order valence-electron chi connectivity index (χ4n) is 3.39. The third-order valence-electron chi connectivity index (χ3n) is 4.61. The van der Waals surface area contributed by atoms with Crippen LogP contribution >= 0.6 is 0 Å². The Hall–Kier alpha value is -2.49. The topological polar surface area (TPSA) is 100 Å². The Labute approximate surface area is 165 Å². The van der Waals surface area contributed by atoms with Crippen molar-refractivity contribution < 1.29 is 26.8 Å². The van der Waals surface area contributed by atoms with Crippen molar-refractivity contribution in [3.63, 3.8) is 0 Å². The fraction of sp³-hybridized carbons (Fsp3) is 0.368. The molecule has 2 aromatic rings. The molecule has 1 heterocycles. The van der Waals surface area contributed by atoms with E-state index in [1.807, 2.05) is 18.2 Å². The Morgan fingerprint density at radius 2 is 1.68 bits per heavy atom. The average Bonchev–Trinajstić information content (AvgIpc) is 2.66. The highest BCUT2D eigenvalue weighted by atomic mass is 32.2. The predicted molar refractivity (Wildman–Crippen MR) is 104 cm³/mol. The first-order valence-electron chi connectivity index (χ1n) is 8.68. The minimum atomic E-state index is -4.02. The molecule has 8 nitrogen and oxygen atoms in total. The molecule has 1 aliphatic heterocycles. The van der Waals surface area contributed by atoms with Crippen LogP contribution < -0.4 is 23.5 Å². The Kier molecular flexibility index (Phi) is 5.97. The number of methoxy groups -OCH3 is 3. The lowest BCUT2D eigenvalue weighted by atomic mass is 9.99. The summed E-state index contributed by atoms with van der Waals surface area (Å²) in [5.74, 6) is 2.05. The molecule has 0 atom stereocenters. The van der Waals surface area contributed by atoms with E-state index in [1.165, 1.54) is 0 Å². The van der Waals surface area contributed by atoms with Crippen molar-refractivity contribution in [2.45, 2.75) is 19.5 Å². The molecule has 0 aromatic heterocycles. The molecular formula is C19H24N2O6S. The van der Waals surface area contributed by atoms with E-state index in [0.717, 1.165) is 36.2 Å². The standard InChI is InChI=1S/C19H24N2O6S/c1-24-17-8-13(9-18(25-2)19(17)26-3)11-21-7-6-14-10-16(27-28(20,22)23)5-4-15(14)12-21/h4-5,8-10H,6-7,11-12H2,1-3H3,(H2,20,22,23). The molecule has 0 radical (unpaired) electrons. The molecule has 0 unspecified atom stereocenters. The van der Waals surface area contributed by atoms with Gasteiger partial charge in [-0.1, -0.05) is 6.07 Å². The molecule has 9 heteroatoms. The SMILES string of the molecule is COc1cc(CN2CCc3cc(OS(N)(=O)=O)ccc3C2)cc(OC)c1OC. The maximum atomic E-state index is 11.1. The number of hydrogen-bond acceptors (Lipinski definition) is 7. The molecule has 0 amide bonds. The third-order valence-corrected chi connectivity index (χ3v) is 5.04. The van der Waals surface area contributed by atoms with Crippen LogP contribution in [0.5, 0.6) is 23.0 Å². The molecule has 28 heavy (non-hydrogen) atoms. The average molecular weight is 408 g/mol. The number of hydrogen-bond donors (Lipinski definition) is 1. The van der Waals surface area contributed by atoms with E-state index in [1.54, 1.807) is 33.5 Å². The van der Waals surface area contributed by atoms with Crippen LogP contribution in [0.3, 0.4) is 0 Å². The van der Waals surface area contributed by atoms with Gasteiger partial charge >= 0.3 is 10.3 Å². The highest BCUT2D eigenvalue weighted by molar-refractivity contribution is 7.84. The number of nitrogens with two attached hydrogens (primary N) is 1. The molecule has 2 aromatic carbocycles. The number of rotatable bonds is 7. The van der Waals surface area contributed by atoms with Gasteiger partial charge in [0.25, 0.3) is 0 Å². The summed E-state index contributed by atoms with van der Waals surface area (Å²) >= 11 is 0.